The third-order valence-corrected chi connectivity index (χ3v) is 6.21. The Balaban J connectivity index is 2.44. The fourth-order valence-electron chi connectivity index (χ4n) is 2.76. The second kappa shape index (κ2) is 10.7. The molecular weight excluding hydrogens is 408 g/mol. The van der Waals surface area contributed by atoms with Crippen LogP contribution in [0.4, 0.5) is 5.69 Å². The number of nitrogens with one attached hydrogen (secondary N) is 1. The maximum atomic E-state index is 13.4. The van der Waals surface area contributed by atoms with E-state index in [1.807, 2.05) is 6.92 Å². The van der Waals surface area contributed by atoms with Gasteiger partial charge in [-0.1, -0.05) is 13.3 Å². The van der Waals surface area contributed by atoms with E-state index in [9.17, 15) is 13.2 Å². The van der Waals surface area contributed by atoms with Gasteiger partial charge in [0.25, 0.3) is 10.0 Å². The standard InChI is InChI=1S/C21H28N2O6S/c1-5-6-13-22-21(24)15-23(16-7-9-17(27-2)10-8-16)30(25,26)18-11-12-19(28-3)20(14-18)29-4/h7-12,14H,5-6,13,15H2,1-4H3,(H,22,24). The summed E-state index contributed by atoms with van der Waals surface area (Å²) in [6.07, 6.45) is 1.74. The summed E-state index contributed by atoms with van der Waals surface area (Å²) in [7, 11) is 0.357. The zero-order valence-corrected chi connectivity index (χ0v) is 18.5. The summed E-state index contributed by atoms with van der Waals surface area (Å²) in [6, 6.07) is 10.8. The molecule has 30 heavy (non-hydrogen) atoms. The van der Waals surface area contributed by atoms with Crippen LogP contribution in [0.5, 0.6) is 17.2 Å². The van der Waals surface area contributed by atoms with Gasteiger partial charge in [0.1, 0.15) is 12.3 Å². The van der Waals surface area contributed by atoms with E-state index in [4.69, 9.17) is 14.2 Å². The molecule has 2 aromatic carbocycles. The summed E-state index contributed by atoms with van der Waals surface area (Å²) in [5, 5.41) is 2.76. The highest BCUT2D eigenvalue weighted by Crippen LogP contribution is 2.32. The summed E-state index contributed by atoms with van der Waals surface area (Å²) >= 11 is 0. The zero-order valence-electron chi connectivity index (χ0n) is 17.7. The van der Waals surface area contributed by atoms with E-state index in [0.717, 1.165) is 17.1 Å². The topological polar surface area (TPSA) is 94.2 Å². The molecule has 9 heteroatoms. The van der Waals surface area contributed by atoms with Crippen LogP contribution < -0.4 is 23.8 Å². The van der Waals surface area contributed by atoms with Gasteiger partial charge in [0.05, 0.1) is 31.9 Å². The molecule has 0 unspecified atom stereocenters. The van der Waals surface area contributed by atoms with Gasteiger partial charge in [-0.05, 0) is 42.8 Å². The first kappa shape index (κ1) is 23.3. The maximum Gasteiger partial charge on any atom is 0.264 e. The number of unbranched alkanes of at least 4 members (excludes halogenated alkanes) is 1. The number of nitrogens with zero attached hydrogens (tertiary/aromatic N) is 1. The molecule has 164 valence electrons. The SMILES string of the molecule is CCCCNC(=O)CN(c1ccc(OC)cc1)S(=O)(=O)c1ccc(OC)c(OC)c1. The molecular formula is C21H28N2O6S. The van der Waals surface area contributed by atoms with Gasteiger partial charge in [0.15, 0.2) is 11.5 Å². The molecule has 0 atom stereocenters. The molecule has 0 fully saturated rings. The molecule has 0 radical (unpaired) electrons. The number of rotatable bonds is 11. The molecule has 2 aromatic rings. The van der Waals surface area contributed by atoms with Gasteiger partial charge in [0, 0.05) is 12.6 Å². The lowest BCUT2D eigenvalue weighted by atomic mass is 10.3. The zero-order chi connectivity index (χ0) is 22.1. The number of sulfonamides is 1. The van der Waals surface area contributed by atoms with Crippen molar-refractivity contribution in [2.45, 2.75) is 24.7 Å². The molecule has 0 saturated carbocycles. The van der Waals surface area contributed by atoms with Gasteiger partial charge < -0.3 is 19.5 Å². The Bertz CT molecular complexity index is 944. The van der Waals surface area contributed by atoms with Gasteiger partial charge >= 0.3 is 0 Å². The normalized spacial score (nSPS) is 10.9. The number of hydrogen-bond acceptors (Lipinski definition) is 6. The van der Waals surface area contributed by atoms with Gasteiger partial charge in [-0.2, -0.15) is 0 Å². The average Bonchev–Trinajstić information content (AvgIpc) is 2.77. The predicted octanol–water partition coefficient (Wildman–Crippen LogP) is 2.82. The van der Waals surface area contributed by atoms with Crippen LogP contribution in [0.2, 0.25) is 0 Å². The van der Waals surface area contributed by atoms with Crippen LogP contribution in [0.3, 0.4) is 0 Å². The van der Waals surface area contributed by atoms with E-state index < -0.39 is 10.0 Å². The van der Waals surface area contributed by atoms with Crippen LogP contribution in [-0.2, 0) is 14.8 Å². The number of ether oxygens (including phenoxy) is 3. The van der Waals surface area contributed by atoms with Crippen molar-refractivity contribution in [3.8, 4) is 17.2 Å². The lowest BCUT2D eigenvalue weighted by Gasteiger charge is -2.24. The molecule has 0 saturated heterocycles. The molecule has 0 spiro atoms. The first-order chi connectivity index (χ1) is 14.4. The second-order valence-electron chi connectivity index (χ2n) is 6.43. The number of hydrogen-bond donors (Lipinski definition) is 1. The van der Waals surface area contributed by atoms with E-state index in [0.29, 0.717) is 23.7 Å². The molecule has 2 rings (SSSR count). The van der Waals surface area contributed by atoms with Crippen molar-refractivity contribution in [1.82, 2.24) is 5.32 Å². The Morgan fingerprint density at radius 1 is 0.967 bits per heavy atom. The molecule has 8 nitrogen and oxygen atoms in total. The van der Waals surface area contributed by atoms with Crippen LogP contribution >= 0.6 is 0 Å². The smallest absolute Gasteiger partial charge is 0.264 e. The molecule has 0 aromatic heterocycles. The quantitative estimate of drug-likeness (QED) is 0.545. The van der Waals surface area contributed by atoms with Crippen LogP contribution in [0.1, 0.15) is 19.8 Å². The van der Waals surface area contributed by atoms with Crippen molar-refractivity contribution < 1.29 is 27.4 Å². The van der Waals surface area contributed by atoms with Crippen molar-refractivity contribution in [1.29, 1.82) is 0 Å². The summed E-state index contributed by atoms with van der Waals surface area (Å²) in [5.41, 5.74) is 0.344. The van der Waals surface area contributed by atoms with Crippen molar-refractivity contribution >= 4 is 21.6 Å². The molecule has 0 bridgehead atoms. The van der Waals surface area contributed by atoms with Gasteiger partial charge in [-0.3, -0.25) is 9.10 Å². The molecule has 0 aliphatic carbocycles. The Hall–Kier alpha value is -2.94. The summed E-state index contributed by atoms with van der Waals surface area (Å²) in [6.45, 7) is 2.15. The monoisotopic (exact) mass is 436 g/mol. The third-order valence-electron chi connectivity index (χ3n) is 4.44. The average molecular weight is 437 g/mol. The lowest BCUT2D eigenvalue weighted by molar-refractivity contribution is -0.119. The summed E-state index contributed by atoms with van der Waals surface area (Å²) in [4.78, 5) is 12.4. The Kier molecular flexibility index (Phi) is 8.35. The van der Waals surface area contributed by atoms with E-state index in [1.54, 1.807) is 24.3 Å². The minimum atomic E-state index is -4.06. The van der Waals surface area contributed by atoms with Gasteiger partial charge in [0.2, 0.25) is 5.91 Å². The number of anilines is 1. The van der Waals surface area contributed by atoms with Crippen molar-refractivity contribution in [2.24, 2.45) is 0 Å². The van der Waals surface area contributed by atoms with Crippen molar-refractivity contribution in [3.63, 3.8) is 0 Å². The van der Waals surface area contributed by atoms with E-state index in [2.05, 4.69) is 5.32 Å². The van der Waals surface area contributed by atoms with E-state index in [-0.39, 0.29) is 23.1 Å². The minimum Gasteiger partial charge on any atom is -0.497 e. The molecule has 1 amide bonds. The van der Waals surface area contributed by atoms with Crippen molar-refractivity contribution in [3.05, 3.63) is 42.5 Å². The molecule has 0 heterocycles. The van der Waals surface area contributed by atoms with E-state index >= 15 is 0 Å². The highest BCUT2D eigenvalue weighted by atomic mass is 32.2. The number of benzene rings is 2. The Labute approximate surface area is 177 Å². The van der Waals surface area contributed by atoms with Crippen molar-refractivity contribution in [2.75, 3.05) is 38.7 Å². The highest BCUT2D eigenvalue weighted by molar-refractivity contribution is 7.92. The summed E-state index contributed by atoms with van der Waals surface area (Å²) in [5.74, 6) is 0.878. The summed E-state index contributed by atoms with van der Waals surface area (Å²) < 4.78 is 43.5. The fourth-order valence-corrected chi connectivity index (χ4v) is 4.20. The van der Waals surface area contributed by atoms with Crippen LogP contribution in [0.15, 0.2) is 47.4 Å². The molecule has 1 N–H and O–H groups in total. The number of methoxy groups -OCH3 is 3. The second-order valence-corrected chi connectivity index (χ2v) is 8.29. The fraction of sp³-hybridized carbons (Fsp3) is 0.381. The van der Waals surface area contributed by atoms with Crippen LogP contribution in [0, 0.1) is 0 Å². The lowest BCUT2D eigenvalue weighted by Crippen LogP contribution is -2.41. The number of carbonyl (C=O) groups is 1. The minimum absolute atomic E-state index is 0.0164. The predicted molar refractivity (Wildman–Crippen MR) is 115 cm³/mol. The Morgan fingerprint density at radius 2 is 1.63 bits per heavy atom. The van der Waals surface area contributed by atoms with Crippen LogP contribution in [-0.4, -0.2) is 48.7 Å². The number of amides is 1. The first-order valence-electron chi connectivity index (χ1n) is 9.52. The van der Waals surface area contributed by atoms with E-state index in [1.165, 1.54) is 39.5 Å². The molecule has 0 aliphatic heterocycles. The third kappa shape index (κ3) is 5.56. The van der Waals surface area contributed by atoms with Gasteiger partial charge in [-0.15, -0.1) is 0 Å². The maximum absolute atomic E-state index is 13.4. The Morgan fingerprint density at radius 3 is 2.20 bits per heavy atom. The number of carbonyl (C=O) groups excluding carboxylic acids is 1. The highest BCUT2D eigenvalue weighted by Gasteiger charge is 2.28. The first-order valence-corrected chi connectivity index (χ1v) is 11.0. The molecule has 0 aliphatic rings. The largest absolute Gasteiger partial charge is 0.497 e. The van der Waals surface area contributed by atoms with Crippen LogP contribution in [0.25, 0.3) is 0 Å². The van der Waals surface area contributed by atoms with Gasteiger partial charge in [-0.25, -0.2) is 8.42 Å².